The maximum atomic E-state index is 8.57. The van der Waals surface area contributed by atoms with Crippen LogP contribution in [0, 0.1) is 11.3 Å². The molecule has 0 fully saturated rings. The Hall–Kier alpha value is -1.63. The second-order valence-electron chi connectivity index (χ2n) is 2.06. The van der Waals surface area contributed by atoms with Crippen LogP contribution in [0.25, 0.3) is 0 Å². The fourth-order valence-corrected chi connectivity index (χ4v) is 0.776. The van der Waals surface area contributed by atoms with Crippen molar-refractivity contribution in [1.82, 2.24) is 9.97 Å². The van der Waals surface area contributed by atoms with Crippen LogP contribution in [-0.4, -0.2) is 9.97 Å². The zero-order valence-electron chi connectivity index (χ0n) is 6.20. The van der Waals surface area contributed by atoms with Gasteiger partial charge in [0.1, 0.15) is 11.9 Å². The molecule has 0 aliphatic heterocycles. The van der Waals surface area contributed by atoms with Gasteiger partial charge in [0.05, 0.1) is 11.9 Å². The molecule has 4 heteroatoms. The topological polar surface area (TPSA) is 75.6 Å². The van der Waals surface area contributed by atoms with E-state index >= 15 is 0 Å². The molecule has 0 unspecified atom stereocenters. The number of anilines is 1. The number of nitrogen functional groups attached to an aromatic ring is 1. The molecule has 11 heavy (non-hydrogen) atoms. The second kappa shape index (κ2) is 2.97. The average Bonchev–Trinajstić information content (AvgIpc) is 2.04. The predicted octanol–water partition coefficient (Wildman–Crippen LogP) is 0.493. The molecule has 2 N–H and O–H groups in total. The number of hydrogen-bond acceptors (Lipinski definition) is 4. The number of nitriles is 1. The van der Waals surface area contributed by atoms with Gasteiger partial charge < -0.3 is 5.73 Å². The van der Waals surface area contributed by atoms with Crippen molar-refractivity contribution in [3.8, 4) is 6.07 Å². The molecule has 1 aromatic heterocycles. The lowest BCUT2D eigenvalue weighted by atomic mass is 10.2. The Morgan fingerprint density at radius 2 is 2.45 bits per heavy atom. The maximum absolute atomic E-state index is 8.57. The standard InChI is InChI=1S/C7H8N4/c1-2-5-6(3-8)11-7(9)4-10-5/h4H,2H2,1H3,(H2,9,11). The van der Waals surface area contributed by atoms with Crippen LogP contribution in [0.1, 0.15) is 18.3 Å². The van der Waals surface area contributed by atoms with Crippen molar-refractivity contribution in [2.75, 3.05) is 5.73 Å². The van der Waals surface area contributed by atoms with Crippen LogP contribution < -0.4 is 5.73 Å². The Morgan fingerprint density at radius 1 is 1.73 bits per heavy atom. The minimum Gasteiger partial charge on any atom is -0.382 e. The second-order valence-corrected chi connectivity index (χ2v) is 2.06. The lowest BCUT2D eigenvalue weighted by Crippen LogP contribution is -2.00. The van der Waals surface area contributed by atoms with E-state index in [1.54, 1.807) is 0 Å². The monoisotopic (exact) mass is 148 g/mol. The lowest BCUT2D eigenvalue weighted by molar-refractivity contribution is 0.987. The third-order valence-electron chi connectivity index (χ3n) is 1.31. The summed E-state index contributed by atoms with van der Waals surface area (Å²) in [4.78, 5) is 7.77. The molecule has 0 saturated heterocycles. The molecule has 0 aliphatic rings. The quantitative estimate of drug-likeness (QED) is 0.629. The number of nitrogens with zero attached hydrogens (tertiary/aromatic N) is 3. The highest BCUT2D eigenvalue weighted by Crippen LogP contribution is 2.03. The maximum Gasteiger partial charge on any atom is 0.164 e. The van der Waals surface area contributed by atoms with Gasteiger partial charge in [0.25, 0.3) is 0 Å². The molecule has 0 amide bonds. The average molecular weight is 148 g/mol. The van der Waals surface area contributed by atoms with Crippen molar-refractivity contribution in [3.05, 3.63) is 17.6 Å². The first-order valence-electron chi connectivity index (χ1n) is 3.29. The summed E-state index contributed by atoms with van der Waals surface area (Å²) < 4.78 is 0. The smallest absolute Gasteiger partial charge is 0.164 e. The summed E-state index contributed by atoms with van der Waals surface area (Å²) in [5.74, 6) is 0.291. The van der Waals surface area contributed by atoms with Gasteiger partial charge in [-0.15, -0.1) is 0 Å². The van der Waals surface area contributed by atoms with Crippen molar-refractivity contribution in [2.45, 2.75) is 13.3 Å². The summed E-state index contributed by atoms with van der Waals surface area (Å²) in [6.45, 7) is 1.92. The molecule has 0 aliphatic carbocycles. The van der Waals surface area contributed by atoms with Crippen LogP contribution in [0.15, 0.2) is 6.20 Å². The van der Waals surface area contributed by atoms with E-state index in [9.17, 15) is 0 Å². The first-order valence-corrected chi connectivity index (χ1v) is 3.29. The number of aryl methyl sites for hydroxylation is 1. The number of rotatable bonds is 1. The van der Waals surface area contributed by atoms with E-state index < -0.39 is 0 Å². The van der Waals surface area contributed by atoms with Gasteiger partial charge in [-0.05, 0) is 6.42 Å². The summed E-state index contributed by atoms with van der Waals surface area (Å²) >= 11 is 0. The van der Waals surface area contributed by atoms with Crippen LogP contribution in [0.4, 0.5) is 5.82 Å². The highest BCUT2D eigenvalue weighted by atomic mass is 14.9. The van der Waals surface area contributed by atoms with Crippen molar-refractivity contribution in [1.29, 1.82) is 5.26 Å². The van der Waals surface area contributed by atoms with E-state index in [2.05, 4.69) is 9.97 Å². The van der Waals surface area contributed by atoms with Crippen molar-refractivity contribution >= 4 is 5.82 Å². The van der Waals surface area contributed by atoms with Crippen molar-refractivity contribution in [3.63, 3.8) is 0 Å². The van der Waals surface area contributed by atoms with Crippen molar-refractivity contribution in [2.24, 2.45) is 0 Å². The molecule has 0 spiro atoms. The molecule has 1 rings (SSSR count). The zero-order chi connectivity index (χ0) is 8.27. The molecular weight excluding hydrogens is 140 g/mol. The third-order valence-corrected chi connectivity index (χ3v) is 1.31. The number of aromatic nitrogens is 2. The van der Waals surface area contributed by atoms with Gasteiger partial charge in [-0.1, -0.05) is 6.92 Å². The van der Waals surface area contributed by atoms with E-state index in [4.69, 9.17) is 11.0 Å². The van der Waals surface area contributed by atoms with Gasteiger partial charge in [0.2, 0.25) is 0 Å². The van der Waals surface area contributed by atoms with E-state index in [1.807, 2.05) is 13.0 Å². The van der Waals surface area contributed by atoms with Crippen LogP contribution in [0.3, 0.4) is 0 Å². The molecule has 1 heterocycles. The molecule has 1 aromatic rings. The van der Waals surface area contributed by atoms with Gasteiger partial charge >= 0.3 is 0 Å². The van der Waals surface area contributed by atoms with Gasteiger partial charge in [-0.3, -0.25) is 4.98 Å². The highest BCUT2D eigenvalue weighted by Gasteiger charge is 2.01. The SMILES string of the molecule is CCc1ncc(N)nc1C#N. The van der Waals surface area contributed by atoms with Crippen molar-refractivity contribution < 1.29 is 0 Å². The van der Waals surface area contributed by atoms with Gasteiger partial charge in [0.15, 0.2) is 5.69 Å². The molecule has 0 saturated carbocycles. The molecule has 56 valence electrons. The predicted molar refractivity (Wildman–Crippen MR) is 40.5 cm³/mol. The molecule has 0 bridgehead atoms. The van der Waals surface area contributed by atoms with Gasteiger partial charge in [-0.25, -0.2) is 4.98 Å². The van der Waals surface area contributed by atoms with Gasteiger partial charge in [-0.2, -0.15) is 5.26 Å². The van der Waals surface area contributed by atoms with E-state index in [-0.39, 0.29) is 0 Å². The van der Waals surface area contributed by atoms with Crippen LogP contribution in [0.5, 0.6) is 0 Å². The van der Waals surface area contributed by atoms with E-state index in [0.29, 0.717) is 23.6 Å². The summed E-state index contributed by atoms with van der Waals surface area (Å²) in [5, 5.41) is 8.57. The first-order chi connectivity index (χ1) is 5.27. The first kappa shape index (κ1) is 7.48. The Labute approximate surface area is 64.7 Å². The molecule has 0 aromatic carbocycles. The minimum atomic E-state index is 0.291. The highest BCUT2D eigenvalue weighted by molar-refractivity contribution is 5.33. The molecule has 4 nitrogen and oxygen atoms in total. The summed E-state index contributed by atoms with van der Waals surface area (Å²) in [7, 11) is 0. The normalized spacial score (nSPS) is 9.09. The molecule has 0 radical (unpaired) electrons. The summed E-state index contributed by atoms with van der Waals surface area (Å²) in [6, 6.07) is 1.93. The van der Waals surface area contributed by atoms with E-state index in [0.717, 1.165) is 0 Å². The van der Waals surface area contributed by atoms with E-state index in [1.165, 1.54) is 6.20 Å². The zero-order valence-corrected chi connectivity index (χ0v) is 6.20. The van der Waals surface area contributed by atoms with Crippen LogP contribution in [0.2, 0.25) is 0 Å². The Bertz CT molecular complexity index is 300. The lowest BCUT2D eigenvalue weighted by Gasteiger charge is -1.97. The van der Waals surface area contributed by atoms with Crippen LogP contribution >= 0.6 is 0 Å². The Balaban J connectivity index is 3.19. The summed E-state index contributed by atoms with van der Waals surface area (Å²) in [6.07, 6.45) is 2.16. The van der Waals surface area contributed by atoms with Gasteiger partial charge in [0, 0.05) is 0 Å². The Kier molecular flexibility index (Phi) is 2.02. The number of nitrogens with two attached hydrogens (primary N) is 1. The Morgan fingerprint density at radius 3 is 3.00 bits per heavy atom. The van der Waals surface area contributed by atoms with Crippen LogP contribution in [-0.2, 0) is 6.42 Å². The fourth-order valence-electron chi connectivity index (χ4n) is 0.776. The largest absolute Gasteiger partial charge is 0.382 e. The fraction of sp³-hybridized carbons (Fsp3) is 0.286. The third kappa shape index (κ3) is 1.44. The number of hydrogen-bond donors (Lipinski definition) is 1. The minimum absolute atomic E-state index is 0.291. The molecule has 0 atom stereocenters. The summed E-state index contributed by atoms with van der Waals surface area (Å²) in [5.41, 5.74) is 6.36. The molecular formula is C7H8N4.